The zero-order chi connectivity index (χ0) is 22.9. The quantitative estimate of drug-likeness (QED) is 0.456. The van der Waals surface area contributed by atoms with Gasteiger partial charge >= 0.3 is 6.18 Å². The molecule has 2 heterocycles. The smallest absolute Gasteiger partial charge is 0.299 e. The van der Waals surface area contributed by atoms with Crippen LogP contribution in [0.1, 0.15) is 24.6 Å². The number of rotatable bonds is 4. The number of aromatic nitrogens is 2. The van der Waals surface area contributed by atoms with Crippen LogP contribution < -0.4 is 0 Å². The summed E-state index contributed by atoms with van der Waals surface area (Å²) in [5.74, 6) is -0.141. The molecule has 1 aliphatic heterocycles. The molecule has 0 spiro atoms. The van der Waals surface area contributed by atoms with Crippen molar-refractivity contribution in [3.05, 3.63) is 76.5 Å². The lowest BCUT2D eigenvalue weighted by atomic mass is 9.97. The van der Waals surface area contributed by atoms with Crippen LogP contribution in [0.25, 0.3) is 23.0 Å². The molecule has 0 aliphatic carbocycles. The van der Waals surface area contributed by atoms with E-state index in [9.17, 15) is 18.0 Å². The van der Waals surface area contributed by atoms with Gasteiger partial charge in [-0.25, -0.2) is 4.68 Å². The van der Waals surface area contributed by atoms with Crippen LogP contribution in [0, 0.1) is 0 Å². The third-order valence-electron chi connectivity index (χ3n) is 5.48. The highest BCUT2D eigenvalue weighted by atomic mass is 35.5. The Labute approximate surface area is 188 Å². The Morgan fingerprint density at radius 1 is 1.09 bits per heavy atom. The predicted octanol–water partition coefficient (Wildman–Crippen LogP) is 5.89. The van der Waals surface area contributed by atoms with Gasteiger partial charge in [0.05, 0.1) is 11.4 Å². The highest BCUT2D eigenvalue weighted by molar-refractivity contribution is 6.30. The number of ketones is 1. The Balaban J connectivity index is 2.00. The SMILES string of the molecule is CCN1CCC(=O)/C(=C/c2c(C(F)(F)F)nn(-c3ccccc3)c2-c2ccc(Cl)cc2)C1. The molecule has 0 bridgehead atoms. The van der Waals surface area contributed by atoms with Gasteiger partial charge in [0.15, 0.2) is 11.5 Å². The second kappa shape index (κ2) is 8.92. The van der Waals surface area contributed by atoms with Gasteiger partial charge in [-0.1, -0.05) is 48.9 Å². The number of hydrogen-bond donors (Lipinski definition) is 0. The molecule has 0 N–H and O–H groups in total. The van der Waals surface area contributed by atoms with Crippen molar-refractivity contribution < 1.29 is 18.0 Å². The number of alkyl halides is 3. The van der Waals surface area contributed by atoms with E-state index in [1.54, 1.807) is 54.6 Å². The third-order valence-corrected chi connectivity index (χ3v) is 5.73. The summed E-state index contributed by atoms with van der Waals surface area (Å²) in [5.41, 5.74) is 0.465. The number of likely N-dealkylation sites (N-methyl/N-ethyl adjacent to an activating group) is 1. The van der Waals surface area contributed by atoms with E-state index in [0.717, 1.165) is 0 Å². The molecular formula is C24H21ClF3N3O. The number of nitrogens with zero attached hydrogens (tertiary/aromatic N) is 3. The zero-order valence-corrected chi connectivity index (χ0v) is 18.1. The standard InChI is InChI=1S/C24H21ClF3N3O/c1-2-30-13-12-21(32)17(15-30)14-20-22(16-8-10-18(25)11-9-16)31(19-6-4-3-5-7-19)29-23(20)24(26,27)28/h3-11,14H,2,12-13,15H2,1H3/b17-14+. The van der Waals surface area contributed by atoms with Crippen LogP contribution in [0.2, 0.25) is 5.02 Å². The van der Waals surface area contributed by atoms with Crippen LogP contribution in [0.3, 0.4) is 0 Å². The molecule has 8 heteroatoms. The van der Waals surface area contributed by atoms with Gasteiger partial charge in [0.1, 0.15) is 0 Å². The Morgan fingerprint density at radius 2 is 1.78 bits per heavy atom. The highest BCUT2D eigenvalue weighted by Gasteiger charge is 2.39. The van der Waals surface area contributed by atoms with Gasteiger partial charge in [0.2, 0.25) is 0 Å². The summed E-state index contributed by atoms with van der Waals surface area (Å²) in [4.78, 5) is 14.6. The topological polar surface area (TPSA) is 38.1 Å². The molecule has 1 fully saturated rings. The fourth-order valence-corrected chi connectivity index (χ4v) is 3.94. The van der Waals surface area contributed by atoms with Crippen LogP contribution in [0.5, 0.6) is 0 Å². The first-order valence-electron chi connectivity index (χ1n) is 10.3. The first kappa shape index (κ1) is 22.3. The van der Waals surface area contributed by atoms with Gasteiger partial charge in [-0.15, -0.1) is 0 Å². The summed E-state index contributed by atoms with van der Waals surface area (Å²) in [6, 6.07) is 15.2. The van der Waals surface area contributed by atoms with Crippen molar-refractivity contribution in [2.45, 2.75) is 19.5 Å². The summed E-state index contributed by atoms with van der Waals surface area (Å²) >= 11 is 6.02. The number of halogens is 4. The maximum absolute atomic E-state index is 14.1. The van der Waals surface area contributed by atoms with E-state index in [0.29, 0.717) is 41.5 Å². The Kier molecular flexibility index (Phi) is 6.22. The number of carbonyl (C=O) groups excluding carboxylic acids is 1. The van der Waals surface area contributed by atoms with Gasteiger partial charge < -0.3 is 0 Å². The number of para-hydroxylation sites is 1. The van der Waals surface area contributed by atoms with Gasteiger partial charge in [-0.2, -0.15) is 18.3 Å². The highest BCUT2D eigenvalue weighted by Crippen LogP contribution is 2.39. The zero-order valence-electron chi connectivity index (χ0n) is 17.4. The molecule has 0 unspecified atom stereocenters. The van der Waals surface area contributed by atoms with E-state index in [1.807, 2.05) is 11.8 Å². The molecule has 2 aromatic carbocycles. The lowest BCUT2D eigenvalue weighted by molar-refractivity contribution is -0.141. The van der Waals surface area contributed by atoms with Crippen molar-refractivity contribution in [2.24, 2.45) is 0 Å². The molecule has 0 radical (unpaired) electrons. The minimum Gasteiger partial charge on any atom is -0.299 e. The minimum absolute atomic E-state index is 0.120. The van der Waals surface area contributed by atoms with E-state index in [1.165, 1.54) is 10.8 Å². The van der Waals surface area contributed by atoms with E-state index >= 15 is 0 Å². The fourth-order valence-electron chi connectivity index (χ4n) is 3.82. The van der Waals surface area contributed by atoms with Crippen molar-refractivity contribution in [1.29, 1.82) is 0 Å². The molecule has 1 aliphatic rings. The molecule has 1 aromatic heterocycles. The number of hydrogen-bond acceptors (Lipinski definition) is 3. The van der Waals surface area contributed by atoms with Crippen molar-refractivity contribution in [1.82, 2.24) is 14.7 Å². The average molecular weight is 460 g/mol. The molecule has 32 heavy (non-hydrogen) atoms. The lowest BCUT2D eigenvalue weighted by Gasteiger charge is -2.26. The second-order valence-electron chi connectivity index (χ2n) is 7.57. The molecule has 3 aromatic rings. The van der Waals surface area contributed by atoms with Crippen molar-refractivity contribution in [3.63, 3.8) is 0 Å². The number of Topliss-reactive ketones (excluding diaryl/α,β-unsaturated/α-hetero) is 1. The number of likely N-dealkylation sites (tertiary alicyclic amines) is 1. The Morgan fingerprint density at radius 3 is 2.41 bits per heavy atom. The van der Waals surface area contributed by atoms with Crippen LogP contribution in [-0.2, 0) is 11.0 Å². The first-order chi connectivity index (χ1) is 15.3. The van der Waals surface area contributed by atoms with Crippen LogP contribution in [-0.4, -0.2) is 40.1 Å². The Hall–Kier alpha value is -2.90. The van der Waals surface area contributed by atoms with Gasteiger partial charge in [0.25, 0.3) is 0 Å². The normalized spacial score (nSPS) is 16.7. The monoisotopic (exact) mass is 459 g/mol. The molecule has 166 valence electrons. The number of carbonyl (C=O) groups is 1. The summed E-state index contributed by atoms with van der Waals surface area (Å²) in [5, 5.41) is 4.44. The third kappa shape index (κ3) is 4.49. The Bertz CT molecular complexity index is 1150. The van der Waals surface area contributed by atoms with Gasteiger partial charge in [-0.05, 0) is 36.9 Å². The van der Waals surface area contributed by atoms with E-state index in [4.69, 9.17) is 11.6 Å². The van der Waals surface area contributed by atoms with Crippen LogP contribution in [0.15, 0.2) is 60.2 Å². The van der Waals surface area contributed by atoms with E-state index < -0.39 is 11.9 Å². The summed E-state index contributed by atoms with van der Waals surface area (Å²) < 4.78 is 43.6. The number of benzene rings is 2. The molecule has 0 atom stereocenters. The largest absolute Gasteiger partial charge is 0.435 e. The molecular weight excluding hydrogens is 439 g/mol. The van der Waals surface area contributed by atoms with E-state index in [-0.39, 0.29) is 23.5 Å². The lowest BCUT2D eigenvalue weighted by Crippen LogP contribution is -2.35. The maximum Gasteiger partial charge on any atom is 0.435 e. The second-order valence-corrected chi connectivity index (χ2v) is 8.01. The summed E-state index contributed by atoms with van der Waals surface area (Å²) in [6.45, 7) is 3.58. The molecule has 0 saturated carbocycles. The molecule has 1 saturated heterocycles. The summed E-state index contributed by atoms with van der Waals surface area (Å²) in [6.07, 6.45) is -3.05. The van der Waals surface area contributed by atoms with Gasteiger partial charge in [0, 0.05) is 41.2 Å². The first-order valence-corrected chi connectivity index (χ1v) is 10.6. The molecule has 4 rings (SSSR count). The predicted molar refractivity (Wildman–Crippen MR) is 119 cm³/mol. The molecule has 4 nitrogen and oxygen atoms in total. The maximum atomic E-state index is 14.1. The minimum atomic E-state index is -4.70. The van der Waals surface area contributed by atoms with E-state index in [2.05, 4.69) is 5.10 Å². The van der Waals surface area contributed by atoms with Crippen molar-refractivity contribution in [3.8, 4) is 16.9 Å². The van der Waals surface area contributed by atoms with Crippen LogP contribution >= 0.6 is 11.6 Å². The van der Waals surface area contributed by atoms with Crippen LogP contribution in [0.4, 0.5) is 13.2 Å². The number of piperidine rings is 1. The van der Waals surface area contributed by atoms with Crippen molar-refractivity contribution in [2.75, 3.05) is 19.6 Å². The molecule has 0 amide bonds. The van der Waals surface area contributed by atoms with Gasteiger partial charge in [-0.3, -0.25) is 9.69 Å². The summed E-state index contributed by atoms with van der Waals surface area (Å²) in [7, 11) is 0. The average Bonchev–Trinajstić information content (AvgIpc) is 3.16. The van der Waals surface area contributed by atoms with Crippen molar-refractivity contribution >= 4 is 23.5 Å². The fraction of sp³-hybridized carbons (Fsp3) is 0.250.